The summed E-state index contributed by atoms with van der Waals surface area (Å²) in [5.74, 6) is 0. The van der Waals surface area contributed by atoms with E-state index < -0.39 is 0 Å². The van der Waals surface area contributed by atoms with Crippen LogP contribution < -0.4 is 0 Å². The Bertz CT molecular complexity index is 168. The maximum Gasteiger partial charge on any atom is 0.0516 e. The Morgan fingerprint density at radius 2 is 2.09 bits per heavy atom. The average Bonchev–Trinajstić information content (AvgIpc) is 1.88. The maximum atomic E-state index is 3.87. The molecule has 62 valence electrons. The maximum absolute atomic E-state index is 3.87. The molecular weight excluding hydrogens is 136 g/mol. The molecule has 0 N–H and O–H groups in total. The normalized spacial score (nSPS) is 10.5. The average molecular weight is 152 g/mol. The van der Waals surface area contributed by atoms with E-state index in [1.807, 2.05) is 4.90 Å². The summed E-state index contributed by atoms with van der Waals surface area (Å²) in [6.45, 7) is 11.7. The largest absolute Gasteiger partial charge is 0.345 e. The molecule has 0 saturated heterocycles. The molecule has 0 spiro atoms. The molecule has 0 aliphatic carbocycles. The first-order valence-electron chi connectivity index (χ1n) is 3.65. The molecule has 0 unspecified atom stereocenters. The van der Waals surface area contributed by atoms with Crippen molar-refractivity contribution in [3.63, 3.8) is 0 Å². The molecule has 2 nitrogen and oxygen atoms in total. The molecule has 2 heteroatoms. The number of hydrogen-bond acceptors (Lipinski definition) is 2. The van der Waals surface area contributed by atoms with Gasteiger partial charge in [-0.25, -0.2) is 0 Å². The highest BCUT2D eigenvalue weighted by Crippen LogP contribution is 2.05. The van der Waals surface area contributed by atoms with Crippen molar-refractivity contribution in [2.24, 2.45) is 4.99 Å². The minimum absolute atomic E-state index is 0.387. The standard InChI is InChI=1S/C9H16N2/c1-6-11(8(2)3)9(4)7-10-5/h6-8H,1,4H2,2-3,5H3. The van der Waals surface area contributed by atoms with E-state index in [9.17, 15) is 0 Å². The third kappa shape index (κ3) is 3.03. The monoisotopic (exact) mass is 152 g/mol. The van der Waals surface area contributed by atoms with Crippen LogP contribution in [-0.2, 0) is 0 Å². The zero-order chi connectivity index (χ0) is 8.85. The fraction of sp³-hybridized carbons (Fsp3) is 0.444. The first-order valence-corrected chi connectivity index (χ1v) is 3.65. The van der Waals surface area contributed by atoms with E-state index in [2.05, 4.69) is 32.0 Å². The summed E-state index contributed by atoms with van der Waals surface area (Å²) >= 11 is 0. The van der Waals surface area contributed by atoms with Crippen LogP contribution in [0.4, 0.5) is 0 Å². The number of hydrogen-bond donors (Lipinski definition) is 0. The molecule has 11 heavy (non-hydrogen) atoms. The highest BCUT2D eigenvalue weighted by molar-refractivity contribution is 5.76. The van der Waals surface area contributed by atoms with Gasteiger partial charge in [-0.1, -0.05) is 13.2 Å². The molecule has 0 fully saturated rings. The SMILES string of the molecule is C=CN(C(=C)C=NC)C(C)C. The topological polar surface area (TPSA) is 15.6 Å². The Hall–Kier alpha value is -1.05. The van der Waals surface area contributed by atoms with Gasteiger partial charge in [0.25, 0.3) is 0 Å². The lowest BCUT2D eigenvalue weighted by Crippen LogP contribution is -2.24. The summed E-state index contributed by atoms with van der Waals surface area (Å²) in [5, 5.41) is 0. The van der Waals surface area contributed by atoms with Crippen LogP contribution >= 0.6 is 0 Å². The Morgan fingerprint density at radius 3 is 2.36 bits per heavy atom. The zero-order valence-corrected chi connectivity index (χ0v) is 7.54. The van der Waals surface area contributed by atoms with Crippen molar-refractivity contribution in [2.45, 2.75) is 19.9 Å². The van der Waals surface area contributed by atoms with E-state index in [4.69, 9.17) is 0 Å². The molecule has 0 aromatic heterocycles. The number of aliphatic imine (C=N–C) groups is 1. The van der Waals surface area contributed by atoms with Crippen LogP contribution in [0.2, 0.25) is 0 Å². The number of allylic oxidation sites excluding steroid dienone is 1. The van der Waals surface area contributed by atoms with Crippen LogP contribution in [0.25, 0.3) is 0 Å². The smallest absolute Gasteiger partial charge is 0.0516 e. The third-order valence-corrected chi connectivity index (χ3v) is 1.36. The van der Waals surface area contributed by atoms with E-state index >= 15 is 0 Å². The van der Waals surface area contributed by atoms with Gasteiger partial charge in [-0.15, -0.1) is 0 Å². The van der Waals surface area contributed by atoms with Crippen molar-refractivity contribution >= 4 is 6.21 Å². The Kier molecular flexibility index (Phi) is 4.27. The van der Waals surface area contributed by atoms with Gasteiger partial charge in [-0.2, -0.15) is 0 Å². The molecule has 0 amide bonds. The summed E-state index contributed by atoms with van der Waals surface area (Å²) in [7, 11) is 1.73. The Balaban J connectivity index is 4.26. The first kappa shape index (κ1) is 9.95. The van der Waals surface area contributed by atoms with Gasteiger partial charge in [0.15, 0.2) is 0 Å². The van der Waals surface area contributed by atoms with Crippen LogP contribution in [-0.4, -0.2) is 24.2 Å². The fourth-order valence-corrected chi connectivity index (χ4v) is 0.875. The molecular formula is C9H16N2. The van der Waals surface area contributed by atoms with Gasteiger partial charge in [0.2, 0.25) is 0 Å². The molecule has 0 saturated carbocycles. The molecule has 0 aromatic carbocycles. The van der Waals surface area contributed by atoms with Crippen LogP contribution in [0.15, 0.2) is 30.0 Å². The van der Waals surface area contributed by atoms with Gasteiger partial charge in [-0.3, -0.25) is 4.99 Å². The summed E-state index contributed by atoms with van der Waals surface area (Å²) in [4.78, 5) is 5.84. The quantitative estimate of drug-likeness (QED) is 0.563. The molecule has 0 atom stereocenters. The van der Waals surface area contributed by atoms with E-state index in [-0.39, 0.29) is 0 Å². The van der Waals surface area contributed by atoms with E-state index in [0.29, 0.717) is 6.04 Å². The van der Waals surface area contributed by atoms with Crippen molar-refractivity contribution in [1.29, 1.82) is 0 Å². The van der Waals surface area contributed by atoms with Crippen LogP contribution in [0.3, 0.4) is 0 Å². The minimum Gasteiger partial charge on any atom is -0.345 e. The Morgan fingerprint density at radius 1 is 1.55 bits per heavy atom. The van der Waals surface area contributed by atoms with E-state index in [1.165, 1.54) is 0 Å². The molecule has 0 aliphatic heterocycles. The lowest BCUT2D eigenvalue weighted by molar-refractivity contribution is 0.405. The molecule has 0 heterocycles. The van der Waals surface area contributed by atoms with E-state index in [0.717, 1.165) is 5.70 Å². The van der Waals surface area contributed by atoms with E-state index in [1.54, 1.807) is 19.5 Å². The predicted molar refractivity (Wildman–Crippen MR) is 50.7 cm³/mol. The molecule has 0 bridgehead atoms. The van der Waals surface area contributed by atoms with Crippen LogP contribution in [0.1, 0.15) is 13.8 Å². The van der Waals surface area contributed by atoms with Gasteiger partial charge in [0.05, 0.1) is 5.70 Å². The molecule has 0 aliphatic rings. The highest BCUT2D eigenvalue weighted by atomic mass is 15.1. The van der Waals surface area contributed by atoms with Crippen LogP contribution in [0.5, 0.6) is 0 Å². The zero-order valence-electron chi connectivity index (χ0n) is 7.54. The van der Waals surface area contributed by atoms with Gasteiger partial charge in [0.1, 0.15) is 0 Å². The fourth-order valence-electron chi connectivity index (χ4n) is 0.875. The molecule has 0 aromatic rings. The van der Waals surface area contributed by atoms with Crippen molar-refractivity contribution in [3.8, 4) is 0 Å². The summed E-state index contributed by atoms with van der Waals surface area (Å²) < 4.78 is 0. The molecule has 0 rings (SSSR count). The first-order chi connectivity index (χ1) is 5.13. The third-order valence-electron chi connectivity index (χ3n) is 1.36. The van der Waals surface area contributed by atoms with Crippen molar-refractivity contribution < 1.29 is 0 Å². The lowest BCUT2D eigenvalue weighted by atomic mass is 10.3. The Labute approximate surface area is 68.9 Å². The summed E-state index contributed by atoms with van der Waals surface area (Å²) in [6, 6.07) is 0.387. The summed E-state index contributed by atoms with van der Waals surface area (Å²) in [6.07, 6.45) is 3.48. The second-order valence-corrected chi connectivity index (χ2v) is 2.56. The number of rotatable bonds is 4. The second-order valence-electron chi connectivity index (χ2n) is 2.56. The van der Waals surface area contributed by atoms with Gasteiger partial charge in [0, 0.05) is 19.3 Å². The summed E-state index contributed by atoms with van der Waals surface area (Å²) in [5.41, 5.74) is 0.873. The van der Waals surface area contributed by atoms with Crippen molar-refractivity contribution in [3.05, 3.63) is 25.1 Å². The minimum atomic E-state index is 0.387. The lowest BCUT2D eigenvalue weighted by Gasteiger charge is -2.23. The van der Waals surface area contributed by atoms with Crippen molar-refractivity contribution in [1.82, 2.24) is 4.90 Å². The van der Waals surface area contributed by atoms with Crippen LogP contribution in [0, 0.1) is 0 Å². The van der Waals surface area contributed by atoms with Gasteiger partial charge in [-0.05, 0) is 20.0 Å². The second kappa shape index (κ2) is 4.72. The highest BCUT2D eigenvalue weighted by Gasteiger charge is 2.04. The predicted octanol–water partition coefficient (Wildman–Crippen LogP) is 2.05. The van der Waals surface area contributed by atoms with Crippen molar-refractivity contribution in [2.75, 3.05) is 7.05 Å². The van der Waals surface area contributed by atoms with Gasteiger partial charge < -0.3 is 4.90 Å². The van der Waals surface area contributed by atoms with Gasteiger partial charge >= 0.3 is 0 Å². The number of nitrogens with zero attached hydrogens (tertiary/aromatic N) is 2. The molecule has 0 radical (unpaired) electrons.